The Morgan fingerprint density at radius 2 is 2.00 bits per heavy atom. The lowest BCUT2D eigenvalue weighted by Crippen LogP contribution is -2.53. The molecule has 1 fully saturated rings. The Kier molecular flexibility index (Phi) is 4.80. The van der Waals surface area contributed by atoms with Gasteiger partial charge in [-0.3, -0.25) is 9.59 Å². The number of nitrogens with two attached hydrogens (primary N) is 1. The summed E-state index contributed by atoms with van der Waals surface area (Å²) < 4.78 is 0. The summed E-state index contributed by atoms with van der Waals surface area (Å²) in [6.07, 6.45) is 4.11. The van der Waals surface area contributed by atoms with E-state index >= 15 is 0 Å². The highest BCUT2D eigenvalue weighted by Gasteiger charge is 2.31. The molecule has 0 bridgehead atoms. The molecule has 1 aliphatic carbocycles. The number of nitrogens with zero attached hydrogens (tertiary/aromatic N) is 1. The lowest BCUT2D eigenvalue weighted by Gasteiger charge is -2.37. The summed E-state index contributed by atoms with van der Waals surface area (Å²) in [4.78, 5) is 23.9. The summed E-state index contributed by atoms with van der Waals surface area (Å²) >= 11 is 0. The number of rotatable bonds is 4. The highest BCUT2D eigenvalue weighted by Crippen LogP contribution is 2.22. The molecule has 0 aromatic heterocycles. The smallest absolute Gasteiger partial charge is 0.323 e. The molecule has 1 amide bonds. The van der Waals surface area contributed by atoms with Crippen LogP contribution < -0.4 is 5.73 Å². The fourth-order valence-electron chi connectivity index (χ4n) is 2.27. The maximum Gasteiger partial charge on any atom is 0.323 e. The van der Waals surface area contributed by atoms with Crippen molar-refractivity contribution in [3.05, 3.63) is 0 Å². The van der Waals surface area contributed by atoms with Crippen LogP contribution in [0.2, 0.25) is 6.32 Å². The van der Waals surface area contributed by atoms with E-state index in [0.717, 1.165) is 25.7 Å². The van der Waals surface area contributed by atoms with Crippen LogP contribution in [-0.4, -0.2) is 48.4 Å². The second-order valence-corrected chi connectivity index (χ2v) is 4.28. The predicted octanol–water partition coefficient (Wildman–Crippen LogP) is -0.779. The van der Waals surface area contributed by atoms with Gasteiger partial charge in [0, 0.05) is 12.1 Å². The van der Waals surface area contributed by atoms with Gasteiger partial charge in [-0.25, -0.2) is 0 Å². The van der Waals surface area contributed by atoms with Gasteiger partial charge in [0.05, 0.1) is 0 Å². The van der Waals surface area contributed by atoms with E-state index in [9.17, 15) is 9.59 Å². The van der Waals surface area contributed by atoms with Gasteiger partial charge >= 0.3 is 5.97 Å². The third-order valence-corrected chi connectivity index (χ3v) is 3.11. The van der Waals surface area contributed by atoms with Crippen molar-refractivity contribution < 1.29 is 14.7 Å². The minimum absolute atomic E-state index is 0.0800. The zero-order chi connectivity index (χ0) is 12.1. The minimum Gasteiger partial charge on any atom is -0.480 e. The molecular formula is C10H19BN2O3. The van der Waals surface area contributed by atoms with Gasteiger partial charge < -0.3 is 15.7 Å². The molecule has 16 heavy (non-hydrogen) atoms. The van der Waals surface area contributed by atoms with E-state index in [-0.39, 0.29) is 24.5 Å². The number of aliphatic carboxylic acids is 1. The van der Waals surface area contributed by atoms with Crippen LogP contribution in [0.3, 0.4) is 0 Å². The molecule has 1 rings (SSSR count). The number of hydrogen-bond donors (Lipinski definition) is 2. The standard InChI is InChI=1S/C10H19BN2O3/c11-5-9(14)13(6-10(15)16)8-4-2-1-3-7(8)12/h7-8H,1-6,11-12H2,(H,15,16). The molecule has 2 atom stereocenters. The van der Waals surface area contributed by atoms with E-state index in [0.29, 0.717) is 6.32 Å². The highest BCUT2D eigenvalue weighted by atomic mass is 16.4. The first-order chi connectivity index (χ1) is 7.56. The van der Waals surface area contributed by atoms with Gasteiger partial charge in [0.2, 0.25) is 5.91 Å². The summed E-state index contributed by atoms with van der Waals surface area (Å²) in [6, 6.07) is -0.180. The van der Waals surface area contributed by atoms with Gasteiger partial charge in [0.1, 0.15) is 14.4 Å². The van der Waals surface area contributed by atoms with Crippen molar-refractivity contribution in [1.29, 1.82) is 0 Å². The molecule has 0 aromatic rings. The lowest BCUT2D eigenvalue weighted by molar-refractivity contribution is -0.146. The third-order valence-electron chi connectivity index (χ3n) is 3.11. The van der Waals surface area contributed by atoms with E-state index in [1.807, 2.05) is 0 Å². The molecule has 0 aromatic carbocycles. The fourth-order valence-corrected chi connectivity index (χ4v) is 2.27. The molecule has 5 nitrogen and oxygen atoms in total. The van der Waals surface area contributed by atoms with Crippen LogP contribution in [-0.2, 0) is 9.59 Å². The van der Waals surface area contributed by atoms with E-state index in [2.05, 4.69) is 0 Å². The molecule has 6 heteroatoms. The van der Waals surface area contributed by atoms with Gasteiger partial charge in [-0.1, -0.05) is 12.8 Å². The molecule has 2 unspecified atom stereocenters. The molecule has 0 radical (unpaired) electrons. The van der Waals surface area contributed by atoms with Crippen molar-refractivity contribution in [3.63, 3.8) is 0 Å². The number of carbonyl (C=O) groups excluding carboxylic acids is 1. The molecule has 3 N–H and O–H groups in total. The maximum absolute atomic E-state index is 11.7. The van der Waals surface area contributed by atoms with Crippen molar-refractivity contribution in [3.8, 4) is 0 Å². The molecule has 90 valence electrons. The number of carbonyl (C=O) groups is 2. The third kappa shape index (κ3) is 3.23. The summed E-state index contributed by atoms with van der Waals surface area (Å²) in [5, 5.41) is 8.81. The fraction of sp³-hybridized carbons (Fsp3) is 0.800. The largest absolute Gasteiger partial charge is 0.480 e. The molecule has 0 saturated heterocycles. The summed E-state index contributed by atoms with van der Waals surface area (Å²) in [7, 11) is 1.74. The summed E-state index contributed by atoms with van der Waals surface area (Å²) in [5.41, 5.74) is 5.96. The normalized spacial score (nSPS) is 25.1. The van der Waals surface area contributed by atoms with Crippen LogP contribution >= 0.6 is 0 Å². The topological polar surface area (TPSA) is 83.6 Å². The van der Waals surface area contributed by atoms with E-state index < -0.39 is 5.97 Å². The molecule has 0 heterocycles. The van der Waals surface area contributed by atoms with Gasteiger partial charge in [-0.05, 0) is 19.2 Å². The zero-order valence-corrected chi connectivity index (χ0v) is 9.69. The molecule has 1 aliphatic rings. The quantitative estimate of drug-likeness (QED) is 0.616. The van der Waals surface area contributed by atoms with E-state index in [1.54, 1.807) is 7.85 Å². The number of carboxylic acids is 1. The summed E-state index contributed by atoms with van der Waals surface area (Å²) in [5.74, 6) is -1.09. The van der Waals surface area contributed by atoms with Gasteiger partial charge in [-0.2, -0.15) is 0 Å². The van der Waals surface area contributed by atoms with Crippen LogP contribution in [0.5, 0.6) is 0 Å². The van der Waals surface area contributed by atoms with E-state index in [1.165, 1.54) is 4.90 Å². The van der Waals surface area contributed by atoms with Crippen LogP contribution in [0.4, 0.5) is 0 Å². The molecule has 0 aliphatic heterocycles. The van der Waals surface area contributed by atoms with E-state index in [4.69, 9.17) is 10.8 Å². The number of carboxylic acid groups (broad SMARTS) is 1. The number of amides is 1. The zero-order valence-electron chi connectivity index (χ0n) is 9.69. The van der Waals surface area contributed by atoms with Crippen LogP contribution in [0, 0.1) is 0 Å². The average Bonchev–Trinajstić information content (AvgIpc) is 2.26. The molecule has 0 spiro atoms. The van der Waals surface area contributed by atoms with Crippen molar-refractivity contribution in [1.82, 2.24) is 4.90 Å². The second-order valence-electron chi connectivity index (χ2n) is 4.28. The predicted molar refractivity (Wildman–Crippen MR) is 62.9 cm³/mol. The lowest BCUT2D eigenvalue weighted by atomic mass is 9.89. The summed E-state index contributed by atoms with van der Waals surface area (Å²) in [6.45, 7) is -0.231. The monoisotopic (exact) mass is 226 g/mol. The average molecular weight is 226 g/mol. The minimum atomic E-state index is -0.973. The van der Waals surface area contributed by atoms with Gasteiger partial charge in [0.25, 0.3) is 0 Å². The van der Waals surface area contributed by atoms with Crippen LogP contribution in [0.1, 0.15) is 25.7 Å². The Labute approximate surface area is 96.4 Å². The second kappa shape index (κ2) is 5.89. The Hall–Kier alpha value is -1.04. The first kappa shape index (κ1) is 13.0. The van der Waals surface area contributed by atoms with Gasteiger partial charge in [-0.15, -0.1) is 0 Å². The van der Waals surface area contributed by atoms with Crippen molar-refractivity contribution in [2.24, 2.45) is 5.73 Å². The maximum atomic E-state index is 11.7. The van der Waals surface area contributed by atoms with Gasteiger partial charge in [0.15, 0.2) is 0 Å². The Morgan fingerprint density at radius 3 is 2.50 bits per heavy atom. The van der Waals surface area contributed by atoms with Crippen LogP contribution in [0.25, 0.3) is 0 Å². The van der Waals surface area contributed by atoms with Crippen molar-refractivity contribution in [2.75, 3.05) is 6.54 Å². The number of hydrogen-bond acceptors (Lipinski definition) is 3. The first-order valence-electron chi connectivity index (χ1n) is 5.83. The highest BCUT2D eigenvalue weighted by molar-refractivity contribution is 6.19. The SMILES string of the molecule is BCC(=O)N(CC(=O)O)C1CCCCC1N. The Balaban J connectivity index is 2.73. The Bertz CT molecular complexity index is 273. The molecular weight excluding hydrogens is 207 g/mol. The Morgan fingerprint density at radius 1 is 1.38 bits per heavy atom. The van der Waals surface area contributed by atoms with Crippen molar-refractivity contribution >= 4 is 19.7 Å². The van der Waals surface area contributed by atoms with Crippen molar-refractivity contribution in [2.45, 2.75) is 44.1 Å². The molecule has 1 saturated carbocycles. The first-order valence-corrected chi connectivity index (χ1v) is 5.83. The van der Waals surface area contributed by atoms with Crippen LogP contribution in [0.15, 0.2) is 0 Å².